The van der Waals surface area contributed by atoms with Gasteiger partial charge in [-0.3, -0.25) is 0 Å². The van der Waals surface area contributed by atoms with E-state index in [0.29, 0.717) is 25.6 Å². The second-order valence-corrected chi connectivity index (χ2v) is 3.80. The Bertz CT molecular complexity index is 223. The Morgan fingerprint density at radius 2 is 1.69 bits per heavy atom. The number of rotatable bonds is 8. The highest BCUT2D eigenvalue weighted by Crippen LogP contribution is 2.41. The van der Waals surface area contributed by atoms with Crippen molar-refractivity contribution in [1.82, 2.24) is 0 Å². The first-order chi connectivity index (χ1) is 7.63. The van der Waals surface area contributed by atoms with Crippen molar-refractivity contribution in [1.29, 1.82) is 0 Å². The fourth-order valence-corrected chi connectivity index (χ4v) is 1.68. The van der Waals surface area contributed by atoms with Gasteiger partial charge >= 0.3 is 14.6 Å². The average Bonchev–Trinajstić information content (AvgIpc) is 2.18. The molecule has 0 unspecified atom stereocenters. The highest BCUT2D eigenvalue weighted by Gasteiger charge is 2.13. The molecule has 5 nitrogen and oxygen atoms in total. The van der Waals surface area contributed by atoms with Crippen molar-refractivity contribution in [2.24, 2.45) is 0 Å². The smallest absolute Gasteiger partial charge is 0.396 e. The minimum absolute atomic E-state index is 0.342. The van der Waals surface area contributed by atoms with Crippen LogP contribution in [0.4, 0.5) is 0 Å². The first-order valence-corrected chi connectivity index (χ1v) is 6.32. The molecule has 0 heterocycles. The normalized spacial score (nSPS) is 11.7. The van der Waals surface area contributed by atoms with E-state index in [2.05, 4.69) is 0 Å². The monoisotopic (exact) mass is 250 g/mol. The van der Waals surface area contributed by atoms with Gasteiger partial charge in [0, 0.05) is 0 Å². The Kier molecular flexibility index (Phi) is 9.19. The summed E-state index contributed by atoms with van der Waals surface area (Å²) in [7, 11) is -1.42. The standard InChI is InChI=1S/C10H19O5P/c1-5-12-10(11)8-9(4)15-16(13-6-2)14-7-3/h8H,5-7H2,1-4H3. The molecule has 0 radical (unpaired) electrons. The lowest BCUT2D eigenvalue weighted by atomic mass is 10.5. The summed E-state index contributed by atoms with van der Waals surface area (Å²) in [5.41, 5.74) is 0. The van der Waals surface area contributed by atoms with Crippen LogP contribution in [0.25, 0.3) is 0 Å². The largest absolute Gasteiger partial charge is 0.463 e. The molecule has 0 aromatic rings. The molecule has 0 N–H and O–H groups in total. The molecule has 0 aromatic heterocycles. The molecule has 0 amide bonds. The molecule has 0 aliphatic heterocycles. The van der Waals surface area contributed by atoms with Crippen molar-refractivity contribution in [3.8, 4) is 0 Å². The summed E-state index contributed by atoms with van der Waals surface area (Å²) in [5, 5.41) is 0. The average molecular weight is 250 g/mol. The van der Waals surface area contributed by atoms with E-state index in [-0.39, 0.29) is 0 Å². The van der Waals surface area contributed by atoms with E-state index < -0.39 is 14.6 Å². The van der Waals surface area contributed by atoms with Crippen LogP contribution < -0.4 is 0 Å². The van der Waals surface area contributed by atoms with Crippen LogP contribution in [0, 0.1) is 0 Å². The summed E-state index contributed by atoms with van der Waals surface area (Å²) in [5.74, 6) is -0.00518. The molecule has 0 fully saturated rings. The van der Waals surface area contributed by atoms with Gasteiger partial charge in [0.15, 0.2) is 0 Å². The van der Waals surface area contributed by atoms with Crippen molar-refractivity contribution in [2.75, 3.05) is 19.8 Å². The van der Waals surface area contributed by atoms with Gasteiger partial charge in [-0.15, -0.1) is 0 Å². The first-order valence-electron chi connectivity index (χ1n) is 5.22. The SMILES string of the molecule is CCOC(=O)C=C(C)OP(OCC)OCC. The summed E-state index contributed by atoms with van der Waals surface area (Å²) in [6, 6.07) is 0. The molecular formula is C10H19O5P. The number of ether oxygens (including phenoxy) is 1. The van der Waals surface area contributed by atoms with Crippen LogP contribution in [0.3, 0.4) is 0 Å². The highest BCUT2D eigenvalue weighted by molar-refractivity contribution is 7.41. The van der Waals surface area contributed by atoms with Crippen molar-refractivity contribution in [2.45, 2.75) is 27.7 Å². The second-order valence-electron chi connectivity index (χ2n) is 2.66. The minimum Gasteiger partial charge on any atom is -0.463 e. The molecule has 0 bridgehead atoms. The third-order valence-corrected chi connectivity index (χ3v) is 2.67. The third kappa shape index (κ3) is 7.63. The Labute approximate surface area is 97.7 Å². The molecule has 6 heteroatoms. The Morgan fingerprint density at radius 3 is 2.12 bits per heavy atom. The fraction of sp³-hybridized carbons (Fsp3) is 0.700. The van der Waals surface area contributed by atoms with Crippen LogP contribution in [0.1, 0.15) is 27.7 Å². The van der Waals surface area contributed by atoms with Crippen LogP contribution in [0.5, 0.6) is 0 Å². The van der Waals surface area contributed by atoms with Gasteiger partial charge in [-0.25, -0.2) is 4.79 Å². The lowest BCUT2D eigenvalue weighted by Gasteiger charge is -2.15. The van der Waals surface area contributed by atoms with Gasteiger partial charge in [0.05, 0.1) is 25.9 Å². The van der Waals surface area contributed by atoms with E-state index in [0.717, 1.165) is 0 Å². The Balaban J connectivity index is 4.15. The maximum Gasteiger partial charge on any atom is 0.396 e. The molecule has 0 saturated heterocycles. The van der Waals surface area contributed by atoms with Crippen LogP contribution in [-0.2, 0) is 23.1 Å². The van der Waals surface area contributed by atoms with Gasteiger partial charge in [0.2, 0.25) is 0 Å². The van der Waals surface area contributed by atoms with Gasteiger partial charge in [0.1, 0.15) is 5.76 Å². The number of esters is 1. The maximum absolute atomic E-state index is 11.1. The molecule has 0 rings (SSSR count). The number of hydrogen-bond acceptors (Lipinski definition) is 5. The van der Waals surface area contributed by atoms with Gasteiger partial charge in [-0.05, 0) is 27.7 Å². The van der Waals surface area contributed by atoms with E-state index in [1.165, 1.54) is 6.08 Å². The number of carbonyl (C=O) groups is 1. The number of hydrogen-bond donors (Lipinski definition) is 0. The quantitative estimate of drug-likeness (QED) is 0.287. The molecular weight excluding hydrogens is 231 g/mol. The zero-order chi connectivity index (χ0) is 12.4. The van der Waals surface area contributed by atoms with Crippen LogP contribution >= 0.6 is 8.60 Å². The van der Waals surface area contributed by atoms with Crippen molar-refractivity contribution < 1.29 is 23.1 Å². The molecule has 94 valence electrons. The van der Waals surface area contributed by atoms with Gasteiger partial charge in [0.25, 0.3) is 0 Å². The van der Waals surface area contributed by atoms with Crippen LogP contribution in [-0.4, -0.2) is 25.8 Å². The zero-order valence-corrected chi connectivity index (χ0v) is 11.1. The molecule has 0 spiro atoms. The van der Waals surface area contributed by atoms with Gasteiger partial charge < -0.3 is 18.3 Å². The summed E-state index contributed by atoms with van der Waals surface area (Å²) in [4.78, 5) is 11.1. The van der Waals surface area contributed by atoms with E-state index in [1.807, 2.05) is 13.8 Å². The van der Waals surface area contributed by atoms with Crippen molar-refractivity contribution >= 4 is 14.6 Å². The van der Waals surface area contributed by atoms with Gasteiger partial charge in [-0.2, -0.15) is 0 Å². The van der Waals surface area contributed by atoms with Gasteiger partial charge in [-0.1, -0.05) is 0 Å². The maximum atomic E-state index is 11.1. The molecule has 0 aliphatic rings. The summed E-state index contributed by atoms with van der Waals surface area (Å²) in [6.45, 7) is 8.44. The predicted octanol–water partition coefficient (Wildman–Crippen LogP) is 2.77. The fourth-order valence-electron chi connectivity index (χ4n) is 0.795. The topological polar surface area (TPSA) is 54.0 Å². The third-order valence-electron chi connectivity index (χ3n) is 1.30. The zero-order valence-electron chi connectivity index (χ0n) is 10.2. The van der Waals surface area contributed by atoms with Crippen molar-refractivity contribution in [3.63, 3.8) is 0 Å². The lowest BCUT2D eigenvalue weighted by molar-refractivity contribution is -0.137. The number of carbonyl (C=O) groups excluding carboxylic acids is 1. The van der Waals surface area contributed by atoms with Crippen molar-refractivity contribution in [3.05, 3.63) is 11.8 Å². The molecule has 0 atom stereocenters. The first kappa shape index (κ1) is 15.4. The summed E-state index contributed by atoms with van der Waals surface area (Å²) >= 11 is 0. The highest BCUT2D eigenvalue weighted by atomic mass is 31.2. The Morgan fingerprint density at radius 1 is 1.12 bits per heavy atom. The van der Waals surface area contributed by atoms with E-state index in [1.54, 1.807) is 13.8 Å². The van der Waals surface area contributed by atoms with E-state index >= 15 is 0 Å². The Hall–Kier alpha value is -0.640. The van der Waals surface area contributed by atoms with Crippen LogP contribution in [0.15, 0.2) is 11.8 Å². The predicted molar refractivity (Wildman–Crippen MR) is 61.6 cm³/mol. The summed E-state index contributed by atoms with van der Waals surface area (Å²) in [6.07, 6.45) is 1.27. The summed E-state index contributed by atoms with van der Waals surface area (Å²) < 4.78 is 20.5. The minimum atomic E-state index is -1.42. The molecule has 0 aromatic carbocycles. The van der Waals surface area contributed by atoms with E-state index in [4.69, 9.17) is 18.3 Å². The lowest BCUT2D eigenvalue weighted by Crippen LogP contribution is -2.01. The van der Waals surface area contributed by atoms with Crippen LogP contribution in [0.2, 0.25) is 0 Å². The molecule has 16 heavy (non-hydrogen) atoms. The molecule has 0 aliphatic carbocycles. The molecule has 0 saturated carbocycles. The van der Waals surface area contributed by atoms with E-state index in [9.17, 15) is 4.79 Å². The second kappa shape index (κ2) is 9.58. The number of allylic oxidation sites excluding steroid dienone is 1.